The second-order valence-electron chi connectivity index (χ2n) is 5.68. The first-order valence-corrected chi connectivity index (χ1v) is 7.98. The molecule has 0 radical (unpaired) electrons. The maximum Gasteiger partial charge on any atom is 0.305 e. The molecule has 0 amide bonds. The Morgan fingerprint density at radius 1 is 1.06 bits per heavy atom. The summed E-state index contributed by atoms with van der Waals surface area (Å²) >= 11 is 0. The molecule has 0 bridgehead atoms. The standard InChI is InChI=1S/C16H30O2/c1-2-3-4-5-6-9-14-18-16(17)13-12-15-10-7-8-11-15/h15H,2-14H2,1H3. The Balaban J connectivity index is 1.84. The summed E-state index contributed by atoms with van der Waals surface area (Å²) < 4.78 is 5.27. The molecule has 1 saturated carbocycles. The van der Waals surface area contributed by atoms with Crippen LogP contribution in [0, 0.1) is 5.92 Å². The molecule has 1 aliphatic rings. The van der Waals surface area contributed by atoms with Crippen molar-refractivity contribution in [3.8, 4) is 0 Å². The highest BCUT2D eigenvalue weighted by Gasteiger charge is 2.16. The third-order valence-corrected chi connectivity index (χ3v) is 3.99. The van der Waals surface area contributed by atoms with E-state index in [0.29, 0.717) is 13.0 Å². The summed E-state index contributed by atoms with van der Waals surface area (Å²) in [6.07, 6.45) is 14.5. The van der Waals surface area contributed by atoms with Gasteiger partial charge in [-0.1, -0.05) is 64.7 Å². The highest BCUT2D eigenvalue weighted by Crippen LogP contribution is 2.28. The van der Waals surface area contributed by atoms with Crippen molar-refractivity contribution in [2.75, 3.05) is 6.61 Å². The molecule has 0 aliphatic heterocycles. The zero-order valence-corrected chi connectivity index (χ0v) is 12.1. The molecule has 0 aromatic rings. The molecule has 0 N–H and O–H groups in total. The summed E-state index contributed by atoms with van der Waals surface area (Å²) in [5.41, 5.74) is 0. The SMILES string of the molecule is CCCCCCCCOC(=O)CCC1CCCC1. The van der Waals surface area contributed by atoms with Gasteiger partial charge >= 0.3 is 5.97 Å². The maximum atomic E-state index is 11.5. The van der Waals surface area contributed by atoms with Crippen LogP contribution in [0.2, 0.25) is 0 Å². The normalized spacial score (nSPS) is 16.1. The van der Waals surface area contributed by atoms with Crippen molar-refractivity contribution in [3.63, 3.8) is 0 Å². The first kappa shape index (κ1) is 15.5. The van der Waals surface area contributed by atoms with Gasteiger partial charge in [0.25, 0.3) is 0 Å². The van der Waals surface area contributed by atoms with Crippen molar-refractivity contribution in [3.05, 3.63) is 0 Å². The minimum atomic E-state index is 0.0236. The van der Waals surface area contributed by atoms with Gasteiger partial charge in [-0.3, -0.25) is 4.79 Å². The summed E-state index contributed by atoms with van der Waals surface area (Å²) in [6, 6.07) is 0. The minimum Gasteiger partial charge on any atom is -0.466 e. The largest absolute Gasteiger partial charge is 0.466 e. The van der Waals surface area contributed by atoms with Crippen molar-refractivity contribution in [2.45, 2.75) is 84.0 Å². The van der Waals surface area contributed by atoms with Crippen molar-refractivity contribution in [2.24, 2.45) is 5.92 Å². The molecule has 2 nitrogen and oxygen atoms in total. The van der Waals surface area contributed by atoms with Gasteiger partial charge in [0.05, 0.1) is 6.61 Å². The molecule has 0 aromatic heterocycles. The van der Waals surface area contributed by atoms with E-state index in [1.54, 1.807) is 0 Å². The third-order valence-electron chi connectivity index (χ3n) is 3.99. The Bertz CT molecular complexity index is 207. The van der Waals surface area contributed by atoms with E-state index in [9.17, 15) is 4.79 Å². The Hall–Kier alpha value is -0.530. The lowest BCUT2D eigenvalue weighted by molar-refractivity contribution is -0.144. The average molecular weight is 254 g/mol. The number of unbranched alkanes of at least 4 members (excludes halogenated alkanes) is 5. The Morgan fingerprint density at radius 3 is 2.44 bits per heavy atom. The van der Waals surface area contributed by atoms with Crippen LogP contribution in [0.25, 0.3) is 0 Å². The van der Waals surface area contributed by atoms with Crippen molar-refractivity contribution in [1.29, 1.82) is 0 Å². The molecule has 18 heavy (non-hydrogen) atoms. The van der Waals surface area contributed by atoms with E-state index in [-0.39, 0.29) is 5.97 Å². The molecule has 0 spiro atoms. The topological polar surface area (TPSA) is 26.3 Å². The van der Waals surface area contributed by atoms with Crippen LogP contribution in [0.3, 0.4) is 0 Å². The highest BCUT2D eigenvalue weighted by molar-refractivity contribution is 5.69. The fourth-order valence-corrected chi connectivity index (χ4v) is 2.76. The van der Waals surface area contributed by atoms with E-state index in [4.69, 9.17) is 4.74 Å². The van der Waals surface area contributed by atoms with Gasteiger partial charge in [-0.25, -0.2) is 0 Å². The van der Waals surface area contributed by atoms with E-state index >= 15 is 0 Å². The number of hydrogen-bond donors (Lipinski definition) is 0. The molecular formula is C16H30O2. The monoisotopic (exact) mass is 254 g/mol. The van der Waals surface area contributed by atoms with Crippen LogP contribution in [0.15, 0.2) is 0 Å². The van der Waals surface area contributed by atoms with Crippen LogP contribution in [0.4, 0.5) is 0 Å². The lowest BCUT2D eigenvalue weighted by Gasteiger charge is -2.08. The zero-order chi connectivity index (χ0) is 13.1. The fourth-order valence-electron chi connectivity index (χ4n) is 2.76. The van der Waals surface area contributed by atoms with Crippen molar-refractivity contribution < 1.29 is 9.53 Å². The Kier molecular flexibility index (Phi) is 8.97. The summed E-state index contributed by atoms with van der Waals surface area (Å²) in [7, 11) is 0. The molecule has 0 aromatic carbocycles. The first-order chi connectivity index (χ1) is 8.83. The summed E-state index contributed by atoms with van der Waals surface area (Å²) in [6.45, 7) is 2.86. The van der Waals surface area contributed by atoms with Crippen LogP contribution >= 0.6 is 0 Å². The molecule has 2 heteroatoms. The summed E-state index contributed by atoms with van der Waals surface area (Å²) in [5, 5.41) is 0. The van der Waals surface area contributed by atoms with Gasteiger partial charge in [-0.05, 0) is 18.8 Å². The number of carbonyl (C=O) groups excluding carboxylic acids is 1. The summed E-state index contributed by atoms with van der Waals surface area (Å²) in [4.78, 5) is 11.5. The lowest BCUT2D eigenvalue weighted by atomic mass is 10.0. The molecule has 0 unspecified atom stereocenters. The second kappa shape index (κ2) is 10.4. The number of carbonyl (C=O) groups is 1. The smallest absolute Gasteiger partial charge is 0.305 e. The molecule has 0 atom stereocenters. The predicted molar refractivity (Wildman–Crippen MR) is 75.5 cm³/mol. The van der Waals surface area contributed by atoms with Gasteiger partial charge in [-0.2, -0.15) is 0 Å². The first-order valence-electron chi connectivity index (χ1n) is 7.98. The fraction of sp³-hybridized carbons (Fsp3) is 0.938. The van der Waals surface area contributed by atoms with Crippen molar-refractivity contribution in [1.82, 2.24) is 0 Å². The number of ether oxygens (including phenoxy) is 1. The van der Waals surface area contributed by atoms with Gasteiger partial charge in [-0.15, -0.1) is 0 Å². The van der Waals surface area contributed by atoms with Crippen LogP contribution in [-0.2, 0) is 9.53 Å². The summed E-state index contributed by atoms with van der Waals surface area (Å²) in [5.74, 6) is 0.821. The molecule has 0 saturated heterocycles. The molecule has 106 valence electrons. The quantitative estimate of drug-likeness (QED) is 0.411. The van der Waals surface area contributed by atoms with Crippen LogP contribution < -0.4 is 0 Å². The Morgan fingerprint density at radius 2 is 1.72 bits per heavy atom. The zero-order valence-electron chi connectivity index (χ0n) is 12.1. The van der Waals surface area contributed by atoms with Gasteiger partial charge in [0, 0.05) is 6.42 Å². The molecule has 1 rings (SSSR count). The third kappa shape index (κ3) is 7.73. The van der Waals surface area contributed by atoms with E-state index < -0.39 is 0 Å². The maximum absolute atomic E-state index is 11.5. The van der Waals surface area contributed by atoms with Gasteiger partial charge in [0.15, 0.2) is 0 Å². The van der Waals surface area contributed by atoms with Gasteiger partial charge < -0.3 is 4.74 Å². The number of hydrogen-bond acceptors (Lipinski definition) is 2. The van der Waals surface area contributed by atoms with Gasteiger partial charge in [0.2, 0.25) is 0 Å². The minimum absolute atomic E-state index is 0.0236. The van der Waals surface area contributed by atoms with Crippen LogP contribution in [-0.4, -0.2) is 12.6 Å². The van der Waals surface area contributed by atoms with Crippen LogP contribution in [0.5, 0.6) is 0 Å². The average Bonchev–Trinajstić information content (AvgIpc) is 2.88. The van der Waals surface area contributed by atoms with Crippen molar-refractivity contribution >= 4 is 5.97 Å². The molecule has 1 fully saturated rings. The second-order valence-corrected chi connectivity index (χ2v) is 5.68. The number of rotatable bonds is 10. The van der Waals surface area contributed by atoms with Crippen LogP contribution in [0.1, 0.15) is 84.0 Å². The van der Waals surface area contributed by atoms with E-state index in [2.05, 4.69) is 6.92 Å². The molecule has 1 aliphatic carbocycles. The van der Waals surface area contributed by atoms with E-state index in [1.807, 2.05) is 0 Å². The lowest BCUT2D eigenvalue weighted by Crippen LogP contribution is -2.07. The predicted octanol–water partition coefficient (Wildman–Crippen LogP) is 4.86. The molecular weight excluding hydrogens is 224 g/mol. The molecule has 0 heterocycles. The van der Waals surface area contributed by atoms with Gasteiger partial charge in [0.1, 0.15) is 0 Å². The van der Waals surface area contributed by atoms with E-state index in [0.717, 1.165) is 18.8 Å². The highest BCUT2D eigenvalue weighted by atomic mass is 16.5. The number of esters is 1. The Labute approximate surface area is 112 Å². The van der Waals surface area contributed by atoms with E-state index in [1.165, 1.54) is 57.8 Å².